The summed E-state index contributed by atoms with van der Waals surface area (Å²) < 4.78 is 2.12. The van der Waals surface area contributed by atoms with Crippen LogP contribution < -0.4 is 4.90 Å². The summed E-state index contributed by atoms with van der Waals surface area (Å²) in [6, 6.07) is 10.7. The Balaban J connectivity index is 1.63. The smallest absolute Gasteiger partial charge is 0.223 e. The Morgan fingerprint density at radius 2 is 1.77 bits per heavy atom. The number of hydrogen-bond donors (Lipinski definition) is 0. The lowest BCUT2D eigenvalue weighted by atomic mass is 10.0. The molecule has 35 heavy (non-hydrogen) atoms. The second-order valence-electron chi connectivity index (χ2n) is 10.5. The molecule has 1 saturated carbocycles. The molecule has 1 aliphatic carbocycles. The highest BCUT2D eigenvalue weighted by Gasteiger charge is 2.29. The molecule has 1 aromatic heterocycles. The van der Waals surface area contributed by atoms with E-state index in [2.05, 4.69) is 71.3 Å². The van der Waals surface area contributed by atoms with Crippen LogP contribution in [-0.4, -0.2) is 64.3 Å². The maximum Gasteiger partial charge on any atom is 0.223 e. The molecule has 0 radical (unpaired) electrons. The average Bonchev–Trinajstić information content (AvgIpc) is 3.53. The van der Waals surface area contributed by atoms with Crippen LogP contribution >= 0.6 is 0 Å². The van der Waals surface area contributed by atoms with Gasteiger partial charge in [0.25, 0.3) is 0 Å². The number of para-hydroxylation sites is 1. The van der Waals surface area contributed by atoms with Crippen molar-refractivity contribution in [3.8, 4) is 5.69 Å². The van der Waals surface area contributed by atoms with Crippen molar-refractivity contribution in [1.29, 1.82) is 0 Å². The molecule has 1 amide bonds. The van der Waals surface area contributed by atoms with Gasteiger partial charge in [-0.05, 0) is 51.3 Å². The minimum absolute atomic E-state index is 0.218. The summed E-state index contributed by atoms with van der Waals surface area (Å²) in [6.07, 6.45) is 7.94. The lowest BCUT2D eigenvalue weighted by Crippen LogP contribution is -2.47. The highest BCUT2D eigenvalue weighted by molar-refractivity contribution is 5.77. The quantitative estimate of drug-likeness (QED) is 0.456. The Bertz CT molecular complexity index is 941. The number of aryl methyl sites for hydroxylation is 1. The van der Waals surface area contributed by atoms with E-state index in [4.69, 9.17) is 5.10 Å². The molecule has 4 rings (SSSR count). The van der Waals surface area contributed by atoms with Gasteiger partial charge >= 0.3 is 0 Å². The standard InChI is InChI=1S/C29H45N5O/c1-5-23(3)33(28(35)17-16-25-12-10-11-13-25)22-27-24(4)30-34(26-14-8-7-9-15-26)29(27)32-20-18-31(6-2)19-21-32/h7-9,14-15,23,25H,5-6,10-13,16-22H2,1-4H3. The first-order valence-corrected chi connectivity index (χ1v) is 13.9. The van der Waals surface area contributed by atoms with Crippen molar-refractivity contribution in [1.82, 2.24) is 19.6 Å². The number of carbonyl (C=O) groups is 1. The molecule has 2 aromatic rings. The van der Waals surface area contributed by atoms with Crippen LogP contribution in [0.4, 0.5) is 5.82 Å². The van der Waals surface area contributed by atoms with E-state index >= 15 is 0 Å². The third kappa shape index (κ3) is 6.08. The zero-order chi connectivity index (χ0) is 24.8. The lowest BCUT2D eigenvalue weighted by Gasteiger charge is -2.37. The third-order valence-corrected chi connectivity index (χ3v) is 8.29. The molecule has 1 aliphatic heterocycles. The fourth-order valence-electron chi connectivity index (χ4n) is 5.73. The predicted octanol–water partition coefficient (Wildman–Crippen LogP) is 5.42. The maximum absolute atomic E-state index is 13.5. The van der Waals surface area contributed by atoms with Gasteiger partial charge in [-0.1, -0.05) is 57.7 Å². The van der Waals surface area contributed by atoms with Crippen LogP contribution in [0.5, 0.6) is 0 Å². The fraction of sp³-hybridized carbons (Fsp3) is 0.655. The molecule has 6 heteroatoms. The molecular weight excluding hydrogens is 434 g/mol. The molecular formula is C29H45N5O. The number of rotatable bonds is 10. The maximum atomic E-state index is 13.5. The van der Waals surface area contributed by atoms with Gasteiger partial charge in [0.05, 0.1) is 17.9 Å². The molecule has 192 valence electrons. The van der Waals surface area contributed by atoms with E-state index in [1.54, 1.807) is 0 Å². The summed E-state index contributed by atoms with van der Waals surface area (Å²) in [5.41, 5.74) is 3.31. The molecule has 2 aliphatic rings. The molecule has 0 spiro atoms. The summed E-state index contributed by atoms with van der Waals surface area (Å²) in [4.78, 5) is 20.7. The average molecular weight is 480 g/mol. The van der Waals surface area contributed by atoms with E-state index < -0.39 is 0 Å². The number of anilines is 1. The van der Waals surface area contributed by atoms with E-state index in [0.29, 0.717) is 18.9 Å². The van der Waals surface area contributed by atoms with Crippen molar-refractivity contribution in [3.05, 3.63) is 41.6 Å². The molecule has 1 aromatic carbocycles. The van der Waals surface area contributed by atoms with Crippen molar-refractivity contribution < 1.29 is 4.79 Å². The van der Waals surface area contributed by atoms with Crippen LogP contribution in [0.15, 0.2) is 30.3 Å². The Morgan fingerprint density at radius 1 is 1.09 bits per heavy atom. The number of amides is 1. The molecule has 0 N–H and O–H groups in total. The number of likely N-dealkylation sites (N-methyl/N-ethyl adjacent to an activating group) is 1. The van der Waals surface area contributed by atoms with Gasteiger partial charge in [-0.2, -0.15) is 5.10 Å². The van der Waals surface area contributed by atoms with Crippen molar-refractivity contribution in [2.45, 2.75) is 85.2 Å². The number of piperazine rings is 1. The number of aromatic nitrogens is 2. The van der Waals surface area contributed by atoms with Gasteiger partial charge in [0.15, 0.2) is 0 Å². The van der Waals surface area contributed by atoms with Crippen molar-refractivity contribution in [2.75, 3.05) is 37.6 Å². The Labute approximate surface area is 212 Å². The Hall–Kier alpha value is -2.34. The molecule has 1 saturated heterocycles. The second kappa shape index (κ2) is 12.1. The van der Waals surface area contributed by atoms with Gasteiger partial charge in [-0.15, -0.1) is 0 Å². The van der Waals surface area contributed by atoms with E-state index in [1.165, 1.54) is 37.1 Å². The molecule has 1 atom stereocenters. The normalized spacial score (nSPS) is 18.2. The molecule has 2 heterocycles. The number of nitrogens with zero attached hydrogens (tertiary/aromatic N) is 5. The van der Waals surface area contributed by atoms with Crippen molar-refractivity contribution in [2.24, 2.45) is 5.92 Å². The zero-order valence-electron chi connectivity index (χ0n) is 22.4. The van der Waals surface area contributed by atoms with Gasteiger partial charge in [0.1, 0.15) is 5.82 Å². The van der Waals surface area contributed by atoms with E-state index in [1.807, 2.05) is 6.07 Å². The molecule has 2 fully saturated rings. The lowest BCUT2D eigenvalue weighted by molar-refractivity contribution is -0.134. The van der Waals surface area contributed by atoms with Crippen molar-refractivity contribution >= 4 is 11.7 Å². The van der Waals surface area contributed by atoms with Crippen LogP contribution in [-0.2, 0) is 11.3 Å². The van der Waals surface area contributed by atoms with Gasteiger partial charge in [0.2, 0.25) is 5.91 Å². The Kier molecular flexibility index (Phi) is 8.88. The topological polar surface area (TPSA) is 44.6 Å². The van der Waals surface area contributed by atoms with E-state index in [-0.39, 0.29) is 6.04 Å². The predicted molar refractivity (Wildman–Crippen MR) is 144 cm³/mol. The van der Waals surface area contributed by atoms with Crippen LogP contribution in [0.2, 0.25) is 0 Å². The molecule has 1 unspecified atom stereocenters. The minimum atomic E-state index is 0.218. The number of benzene rings is 1. The summed E-state index contributed by atoms with van der Waals surface area (Å²) in [6.45, 7) is 14.6. The first-order chi connectivity index (χ1) is 17.0. The van der Waals surface area contributed by atoms with E-state index in [9.17, 15) is 4.79 Å². The largest absolute Gasteiger partial charge is 0.354 e. The van der Waals surface area contributed by atoms with Crippen LogP contribution in [0.25, 0.3) is 5.69 Å². The monoisotopic (exact) mass is 479 g/mol. The van der Waals surface area contributed by atoms with Crippen LogP contribution in [0, 0.1) is 12.8 Å². The summed E-state index contributed by atoms with van der Waals surface area (Å²) >= 11 is 0. The fourth-order valence-corrected chi connectivity index (χ4v) is 5.73. The first-order valence-electron chi connectivity index (χ1n) is 13.9. The summed E-state index contributed by atoms with van der Waals surface area (Å²) in [5.74, 6) is 2.21. The van der Waals surface area contributed by atoms with Gasteiger partial charge in [-0.3, -0.25) is 4.79 Å². The van der Waals surface area contributed by atoms with Gasteiger partial charge in [-0.25, -0.2) is 4.68 Å². The SMILES string of the molecule is CCC(C)N(Cc1c(C)nn(-c2ccccc2)c1N1CCN(CC)CC1)C(=O)CCC1CCCC1. The number of hydrogen-bond acceptors (Lipinski definition) is 4. The van der Waals surface area contributed by atoms with Gasteiger partial charge in [0, 0.05) is 44.2 Å². The summed E-state index contributed by atoms with van der Waals surface area (Å²) in [5, 5.41) is 5.03. The van der Waals surface area contributed by atoms with Crippen LogP contribution in [0.1, 0.15) is 77.0 Å². The second-order valence-corrected chi connectivity index (χ2v) is 10.5. The van der Waals surface area contributed by atoms with E-state index in [0.717, 1.165) is 62.9 Å². The Morgan fingerprint density at radius 3 is 2.40 bits per heavy atom. The first kappa shape index (κ1) is 25.7. The zero-order valence-corrected chi connectivity index (χ0v) is 22.4. The minimum Gasteiger partial charge on any atom is -0.354 e. The molecule has 6 nitrogen and oxygen atoms in total. The molecule has 0 bridgehead atoms. The van der Waals surface area contributed by atoms with Crippen molar-refractivity contribution in [3.63, 3.8) is 0 Å². The highest BCUT2D eigenvalue weighted by atomic mass is 16.2. The number of carbonyl (C=O) groups excluding carboxylic acids is 1. The van der Waals surface area contributed by atoms with Gasteiger partial charge < -0.3 is 14.7 Å². The van der Waals surface area contributed by atoms with Crippen LogP contribution in [0.3, 0.4) is 0 Å². The third-order valence-electron chi connectivity index (χ3n) is 8.29. The highest BCUT2D eigenvalue weighted by Crippen LogP contribution is 2.32. The summed E-state index contributed by atoms with van der Waals surface area (Å²) in [7, 11) is 0.